The number of hydrogen-bond acceptors (Lipinski definition) is 6. The van der Waals surface area contributed by atoms with Gasteiger partial charge in [-0.3, -0.25) is 14.6 Å². The van der Waals surface area contributed by atoms with Crippen molar-refractivity contribution in [3.8, 4) is 0 Å². The topological polar surface area (TPSA) is 80.2 Å². The quantitative estimate of drug-likeness (QED) is 0.250. The normalized spacial score (nSPS) is 10.6. The molecule has 0 bridgehead atoms. The zero-order valence-electron chi connectivity index (χ0n) is 23.3. The van der Waals surface area contributed by atoms with E-state index in [-0.39, 0.29) is 12.1 Å². The molecule has 7 heteroatoms. The molecule has 0 aromatic carbocycles. The van der Waals surface area contributed by atoms with E-state index in [1.54, 1.807) is 27.4 Å². The summed E-state index contributed by atoms with van der Waals surface area (Å²) >= 11 is 0. The average molecular weight is 462 g/mol. The van der Waals surface area contributed by atoms with Crippen molar-refractivity contribution >= 4 is 18.1 Å². The van der Waals surface area contributed by atoms with Crippen molar-refractivity contribution in [1.82, 2.24) is 10.2 Å². The molecule has 0 aliphatic rings. The van der Waals surface area contributed by atoms with Gasteiger partial charge in [0.25, 0.3) is 0 Å². The molecule has 0 aliphatic heterocycles. The van der Waals surface area contributed by atoms with E-state index in [0.29, 0.717) is 13.0 Å². The molecule has 0 saturated carbocycles. The Bertz CT molecular complexity index is 412. The van der Waals surface area contributed by atoms with Gasteiger partial charge in [0.1, 0.15) is 6.61 Å². The molecule has 1 unspecified atom stereocenters. The lowest BCUT2D eigenvalue weighted by Gasteiger charge is -2.09. The SMILES string of the molecule is CC.CCC.CCCC(/C=C\N(C)C=O)=NC.CCCCC(=O)OCC(C)OC.CNC. The molecule has 0 radical (unpaired) electrons. The van der Waals surface area contributed by atoms with E-state index in [1.807, 2.05) is 47.9 Å². The number of aliphatic imine (C=N–C) groups is 1. The van der Waals surface area contributed by atoms with E-state index in [4.69, 9.17) is 9.47 Å². The first-order chi connectivity index (χ1) is 15.3. The zero-order valence-corrected chi connectivity index (χ0v) is 23.3. The third-order valence-electron chi connectivity index (χ3n) is 3.08. The van der Waals surface area contributed by atoms with Gasteiger partial charge in [-0.05, 0) is 39.9 Å². The lowest BCUT2D eigenvalue weighted by Crippen LogP contribution is -2.17. The van der Waals surface area contributed by atoms with E-state index in [2.05, 4.69) is 31.1 Å². The van der Waals surface area contributed by atoms with Crippen LogP contribution in [0.15, 0.2) is 17.3 Å². The maximum atomic E-state index is 10.9. The average Bonchev–Trinajstić information content (AvgIpc) is 2.81. The number of hydrogen-bond donors (Lipinski definition) is 1. The van der Waals surface area contributed by atoms with Crippen LogP contribution < -0.4 is 5.32 Å². The van der Waals surface area contributed by atoms with Crippen molar-refractivity contribution < 1.29 is 19.1 Å². The summed E-state index contributed by atoms with van der Waals surface area (Å²) in [6.07, 6.45) is 10.1. The van der Waals surface area contributed by atoms with E-state index in [9.17, 15) is 9.59 Å². The molecule has 1 amide bonds. The Hall–Kier alpha value is -1.73. The van der Waals surface area contributed by atoms with Crippen molar-refractivity contribution in [2.24, 2.45) is 4.99 Å². The van der Waals surface area contributed by atoms with Crippen molar-refractivity contribution in [3.05, 3.63) is 12.3 Å². The summed E-state index contributed by atoms with van der Waals surface area (Å²) in [5.41, 5.74) is 1.02. The summed E-state index contributed by atoms with van der Waals surface area (Å²) in [6.45, 7) is 14.6. The molecular weight excluding hydrogens is 406 g/mol. The van der Waals surface area contributed by atoms with Gasteiger partial charge in [-0.25, -0.2) is 0 Å². The third-order valence-corrected chi connectivity index (χ3v) is 3.08. The molecular formula is C25H55N3O4. The molecule has 0 heterocycles. The second kappa shape index (κ2) is 39.7. The summed E-state index contributed by atoms with van der Waals surface area (Å²) in [4.78, 5) is 26.7. The first kappa shape index (κ1) is 40.6. The van der Waals surface area contributed by atoms with E-state index in [0.717, 1.165) is 37.8 Å². The van der Waals surface area contributed by atoms with Crippen LogP contribution in [-0.2, 0) is 19.1 Å². The Morgan fingerprint density at radius 3 is 1.94 bits per heavy atom. The van der Waals surface area contributed by atoms with Crippen LogP contribution in [0.1, 0.15) is 87.0 Å². The zero-order chi connectivity index (χ0) is 26.2. The highest BCUT2D eigenvalue weighted by Gasteiger charge is 2.04. The number of methoxy groups -OCH3 is 1. The number of carbonyl (C=O) groups excluding carboxylic acids is 2. The third kappa shape index (κ3) is 46.5. The molecule has 194 valence electrons. The van der Waals surface area contributed by atoms with Gasteiger partial charge >= 0.3 is 5.97 Å². The van der Waals surface area contributed by atoms with Gasteiger partial charge in [0.15, 0.2) is 0 Å². The first-order valence-electron chi connectivity index (χ1n) is 11.9. The van der Waals surface area contributed by atoms with E-state index < -0.39 is 0 Å². The number of nitrogens with one attached hydrogen (secondary N) is 1. The molecule has 32 heavy (non-hydrogen) atoms. The second-order valence-corrected chi connectivity index (χ2v) is 6.59. The Labute approximate surface area is 200 Å². The summed E-state index contributed by atoms with van der Waals surface area (Å²) in [5, 5.41) is 2.75. The van der Waals surface area contributed by atoms with Crippen LogP contribution in [0, 0.1) is 0 Å². The lowest BCUT2D eigenvalue weighted by atomic mass is 10.2. The van der Waals surface area contributed by atoms with Crippen molar-refractivity contribution in [1.29, 1.82) is 0 Å². The minimum atomic E-state index is -0.124. The van der Waals surface area contributed by atoms with Gasteiger partial charge in [-0.1, -0.05) is 60.8 Å². The number of carbonyl (C=O) groups is 2. The lowest BCUT2D eigenvalue weighted by molar-refractivity contribution is -0.147. The maximum absolute atomic E-state index is 10.9. The number of amides is 1. The fourth-order valence-corrected chi connectivity index (χ4v) is 1.44. The predicted octanol–water partition coefficient (Wildman–Crippen LogP) is 5.49. The molecule has 1 N–H and O–H groups in total. The minimum absolute atomic E-state index is 0.00410. The summed E-state index contributed by atoms with van der Waals surface area (Å²) in [7, 11) is 8.81. The fourth-order valence-electron chi connectivity index (χ4n) is 1.44. The molecule has 0 rings (SSSR count). The van der Waals surface area contributed by atoms with Gasteiger partial charge in [-0.2, -0.15) is 0 Å². The number of ether oxygens (including phenoxy) is 2. The minimum Gasteiger partial charge on any atom is -0.463 e. The molecule has 1 atom stereocenters. The number of rotatable bonds is 11. The molecule has 0 spiro atoms. The van der Waals surface area contributed by atoms with Gasteiger partial charge in [-0.15, -0.1) is 0 Å². The van der Waals surface area contributed by atoms with Crippen LogP contribution in [-0.4, -0.2) is 71.0 Å². The smallest absolute Gasteiger partial charge is 0.305 e. The van der Waals surface area contributed by atoms with Crippen LogP contribution in [0.3, 0.4) is 0 Å². The van der Waals surface area contributed by atoms with Crippen molar-refractivity contribution in [2.75, 3.05) is 41.9 Å². The predicted molar refractivity (Wildman–Crippen MR) is 140 cm³/mol. The van der Waals surface area contributed by atoms with Crippen LogP contribution in [0.2, 0.25) is 0 Å². The Morgan fingerprint density at radius 2 is 1.59 bits per heavy atom. The Morgan fingerprint density at radius 1 is 1.09 bits per heavy atom. The highest BCUT2D eigenvalue weighted by Crippen LogP contribution is 1.98. The van der Waals surface area contributed by atoms with E-state index in [1.165, 1.54) is 11.3 Å². The van der Waals surface area contributed by atoms with Crippen LogP contribution in [0.4, 0.5) is 0 Å². The van der Waals surface area contributed by atoms with Gasteiger partial charge < -0.3 is 19.7 Å². The van der Waals surface area contributed by atoms with Gasteiger partial charge in [0, 0.05) is 39.5 Å². The van der Waals surface area contributed by atoms with Crippen LogP contribution in [0.5, 0.6) is 0 Å². The summed E-state index contributed by atoms with van der Waals surface area (Å²) < 4.78 is 9.86. The van der Waals surface area contributed by atoms with E-state index >= 15 is 0 Å². The molecule has 0 fully saturated rings. The first-order valence-corrected chi connectivity index (χ1v) is 11.9. The van der Waals surface area contributed by atoms with Gasteiger partial charge in [0.05, 0.1) is 6.10 Å². The van der Waals surface area contributed by atoms with Crippen LogP contribution >= 0.6 is 0 Å². The molecule has 7 nitrogen and oxygen atoms in total. The number of nitrogens with zero attached hydrogens (tertiary/aromatic N) is 2. The number of esters is 1. The summed E-state index contributed by atoms with van der Waals surface area (Å²) in [5.74, 6) is -0.124. The largest absolute Gasteiger partial charge is 0.463 e. The molecule has 0 aromatic heterocycles. The number of allylic oxidation sites excluding steroid dienone is 1. The maximum Gasteiger partial charge on any atom is 0.305 e. The van der Waals surface area contributed by atoms with Crippen molar-refractivity contribution in [3.63, 3.8) is 0 Å². The van der Waals surface area contributed by atoms with Crippen LogP contribution in [0.25, 0.3) is 0 Å². The molecule has 0 aromatic rings. The fraction of sp³-hybridized carbons (Fsp3) is 0.800. The highest BCUT2D eigenvalue weighted by molar-refractivity contribution is 5.94. The molecule has 0 aliphatic carbocycles. The number of unbranched alkanes of at least 4 members (excludes halogenated alkanes) is 1. The Kier molecular flexibility index (Phi) is 50.4. The standard InChI is InChI=1S/C9H16N2O.C9H18O3.C3H8.C2H7N.C2H6/c1-4-5-9(10-2)6-7-11(3)8-12;1-4-5-6-9(10)12-7-8(2)11-3;2*1-3-2;1-2/h6-8H,4-5H2,1-3H3;8H,4-7H2,1-3H3;3H2,1-2H3;3H,1-2H3;1-2H3/b7-6-,10-9?;;;;. The summed E-state index contributed by atoms with van der Waals surface area (Å²) in [6, 6.07) is 0. The second-order valence-electron chi connectivity index (χ2n) is 6.59. The monoisotopic (exact) mass is 461 g/mol. The highest BCUT2D eigenvalue weighted by atomic mass is 16.6. The van der Waals surface area contributed by atoms with Gasteiger partial charge in [0.2, 0.25) is 6.41 Å². The Balaban J connectivity index is -0.000000114. The molecule has 0 saturated heterocycles. The van der Waals surface area contributed by atoms with Crippen molar-refractivity contribution in [2.45, 2.75) is 93.1 Å².